The van der Waals surface area contributed by atoms with E-state index in [9.17, 15) is 18.0 Å². The van der Waals surface area contributed by atoms with Gasteiger partial charge in [0.25, 0.3) is 0 Å². The molecule has 0 radical (unpaired) electrons. The van der Waals surface area contributed by atoms with Gasteiger partial charge in [-0.2, -0.15) is 0 Å². The van der Waals surface area contributed by atoms with E-state index in [1.54, 1.807) is 0 Å². The second-order valence-corrected chi connectivity index (χ2v) is 9.39. The molecule has 2 aromatic rings. The van der Waals surface area contributed by atoms with Crippen LogP contribution in [0.15, 0.2) is 55.1 Å². The van der Waals surface area contributed by atoms with Gasteiger partial charge in [0.05, 0.1) is 6.10 Å². The molecule has 1 saturated carbocycles. The summed E-state index contributed by atoms with van der Waals surface area (Å²) in [6.07, 6.45) is -1.48. The van der Waals surface area contributed by atoms with Gasteiger partial charge in [-0.25, -0.2) is 4.79 Å². The number of hydrogen-bond acceptors (Lipinski definition) is 3. The third-order valence-electron chi connectivity index (χ3n) is 4.99. The summed E-state index contributed by atoms with van der Waals surface area (Å²) in [4.78, 5) is 12.2. The molecule has 0 saturated heterocycles. The Morgan fingerprint density at radius 3 is 2.12 bits per heavy atom. The summed E-state index contributed by atoms with van der Waals surface area (Å²) < 4.78 is 51.5. The minimum Gasteiger partial charge on any atom is -0.490 e. The molecule has 172 valence electrons. The Morgan fingerprint density at radius 1 is 0.969 bits per heavy atom. The van der Waals surface area contributed by atoms with Crippen LogP contribution in [0.25, 0.3) is 3.58 Å². The standard InChI is InChI=1S/C23H24F3IN2O3/c1-15(27-2)16-3-9-19(10-4-16)31-20-11-5-17(6-12-20)28-22(30)29-18-7-13-21(14-8-18)32-23(24,25)26/h3-4,7-10,13-14,17,20H,1-2,5-6,11-12H2,(H2,28,29,30). The normalized spacial score (nSPS) is 18.5. The van der Waals surface area contributed by atoms with Crippen molar-refractivity contribution in [3.63, 3.8) is 0 Å². The molecular formula is C23H24F3IN2O3. The Balaban J connectivity index is 1.41. The highest BCUT2D eigenvalue weighted by molar-refractivity contribution is 14.2. The zero-order valence-corrected chi connectivity index (χ0v) is 19.4. The second kappa shape index (κ2) is 10.8. The second-order valence-electron chi connectivity index (χ2n) is 7.33. The Bertz CT molecular complexity index is 938. The zero-order chi connectivity index (χ0) is 23.1. The van der Waals surface area contributed by atoms with Crippen molar-refractivity contribution in [2.75, 3.05) is 5.32 Å². The van der Waals surface area contributed by atoms with Crippen molar-refractivity contribution in [2.45, 2.75) is 44.2 Å². The lowest BCUT2D eigenvalue weighted by molar-refractivity contribution is -0.274. The maximum absolute atomic E-state index is 12.2. The van der Waals surface area contributed by atoms with Crippen LogP contribution in [0.1, 0.15) is 31.2 Å². The lowest BCUT2D eigenvalue weighted by atomic mass is 9.93. The van der Waals surface area contributed by atoms with Crippen LogP contribution in [-0.4, -0.2) is 29.1 Å². The van der Waals surface area contributed by atoms with Gasteiger partial charge < -0.3 is 20.1 Å². The van der Waals surface area contributed by atoms with E-state index in [4.69, 9.17) is 4.74 Å². The van der Waals surface area contributed by atoms with Crippen LogP contribution in [-0.2, 0) is 0 Å². The molecule has 0 atom stereocenters. The number of ether oxygens (including phenoxy) is 2. The summed E-state index contributed by atoms with van der Waals surface area (Å²) in [7, 11) is 0. The predicted octanol–water partition coefficient (Wildman–Crippen LogP) is 6.47. The van der Waals surface area contributed by atoms with Gasteiger partial charge in [-0.3, -0.25) is 0 Å². The van der Waals surface area contributed by atoms with Gasteiger partial charge in [0.2, 0.25) is 0 Å². The first-order valence-electron chi connectivity index (χ1n) is 9.99. The summed E-state index contributed by atoms with van der Waals surface area (Å²) in [5, 5.41) is 5.52. The van der Waals surface area contributed by atoms with Crippen LogP contribution >= 0.6 is 20.7 Å². The minimum absolute atomic E-state index is 0.00867. The molecule has 32 heavy (non-hydrogen) atoms. The largest absolute Gasteiger partial charge is 0.573 e. The Hall–Kier alpha value is -2.56. The molecular weight excluding hydrogens is 536 g/mol. The third-order valence-corrected chi connectivity index (χ3v) is 6.53. The highest BCUT2D eigenvalue weighted by atomic mass is 127. The van der Waals surface area contributed by atoms with Crippen molar-refractivity contribution >= 4 is 40.5 Å². The number of nitrogens with one attached hydrogen (secondary N) is 2. The summed E-state index contributed by atoms with van der Waals surface area (Å²) in [5.74, 6) is 0.473. The lowest BCUT2D eigenvalue weighted by Crippen LogP contribution is -2.41. The maximum atomic E-state index is 12.2. The summed E-state index contributed by atoms with van der Waals surface area (Å²) >= 11 is -0.269. The quantitative estimate of drug-likeness (QED) is 0.382. The number of carbonyl (C=O) groups is 1. The van der Waals surface area contributed by atoms with Crippen LogP contribution in [0.3, 0.4) is 0 Å². The van der Waals surface area contributed by atoms with Gasteiger partial charge in [-0.15, -0.1) is 13.2 Å². The molecule has 0 aliphatic heterocycles. The average Bonchev–Trinajstić information content (AvgIpc) is 2.75. The van der Waals surface area contributed by atoms with E-state index >= 15 is 0 Å². The first kappa shape index (κ1) is 24.1. The number of amides is 2. The average molecular weight is 560 g/mol. The number of urea groups is 1. The number of halogens is 4. The van der Waals surface area contributed by atoms with Gasteiger partial charge >= 0.3 is 12.4 Å². The fraction of sp³-hybridized carbons (Fsp3) is 0.304. The Labute approximate surface area is 194 Å². The number of benzene rings is 2. The zero-order valence-electron chi connectivity index (χ0n) is 17.3. The van der Waals surface area contributed by atoms with E-state index in [-0.39, 0.29) is 38.6 Å². The van der Waals surface area contributed by atoms with E-state index in [0.29, 0.717) is 5.69 Å². The van der Waals surface area contributed by atoms with E-state index in [0.717, 1.165) is 52.7 Å². The smallest absolute Gasteiger partial charge is 0.490 e. The Kier molecular flexibility index (Phi) is 8.16. The molecule has 1 aliphatic carbocycles. The maximum Gasteiger partial charge on any atom is 0.573 e. The molecule has 5 nitrogen and oxygen atoms in total. The third kappa shape index (κ3) is 7.54. The molecule has 9 heteroatoms. The molecule has 3 rings (SSSR count). The molecule has 1 fully saturated rings. The SMILES string of the molecule is C=IC(=C)c1ccc(OC2CCC(NC(=O)Nc3ccc(OC(F)(F)F)cc3)CC2)cc1. The van der Waals surface area contributed by atoms with Gasteiger partial charge in [0.15, 0.2) is 0 Å². The molecule has 0 heterocycles. The number of carbonyl (C=O) groups excluding carboxylic acids is 1. The molecule has 2 amide bonds. The van der Waals surface area contributed by atoms with Crippen LogP contribution in [0.4, 0.5) is 23.7 Å². The topological polar surface area (TPSA) is 59.6 Å². The van der Waals surface area contributed by atoms with Gasteiger partial charge in [0, 0.05) is 15.3 Å². The van der Waals surface area contributed by atoms with Crippen LogP contribution < -0.4 is 20.1 Å². The van der Waals surface area contributed by atoms with Crippen LogP contribution in [0.5, 0.6) is 11.5 Å². The van der Waals surface area contributed by atoms with Crippen molar-refractivity contribution in [1.29, 1.82) is 0 Å². The minimum atomic E-state index is -4.75. The van der Waals surface area contributed by atoms with E-state index in [2.05, 4.69) is 26.5 Å². The van der Waals surface area contributed by atoms with E-state index in [1.165, 1.54) is 12.1 Å². The van der Waals surface area contributed by atoms with E-state index in [1.807, 2.05) is 24.3 Å². The first-order valence-corrected chi connectivity index (χ1v) is 12.6. The number of alkyl halides is 3. The van der Waals surface area contributed by atoms with Gasteiger partial charge in [0.1, 0.15) is 11.5 Å². The fourth-order valence-electron chi connectivity index (χ4n) is 3.40. The van der Waals surface area contributed by atoms with Crippen molar-refractivity contribution in [3.05, 3.63) is 60.7 Å². The summed E-state index contributed by atoms with van der Waals surface area (Å²) in [5.41, 5.74) is 1.47. The van der Waals surface area contributed by atoms with Crippen molar-refractivity contribution in [2.24, 2.45) is 0 Å². The Morgan fingerprint density at radius 2 is 1.56 bits per heavy atom. The number of rotatable bonds is 7. The molecule has 1 aliphatic rings. The summed E-state index contributed by atoms with van der Waals surface area (Å²) in [6.45, 7) is 4.02. The number of anilines is 1. The molecule has 0 unspecified atom stereocenters. The number of hydrogen-bond donors (Lipinski definition) is 2. The molecule has 2 N–H and O–H groups in total. The van der Waals surface area contributed by atoms with E-state index < -0.39 is 12.4 Å². The van der Waals surface area contributed by atoms with Crippen LogP contribution in [0, 0.1) is 0 Å². The molecule has 0 aromatic heterocycles. The fourth-order valence-corrected chi connectivity index (χ4v) is 4.20. The van der Waals surface area contributed by atoms with Gasteiger partial charge in [-0.1, -0.05) is 44.0 Å². The summed E-state index contributed by atoms with van der Waals surface area (Å²) in [6, 6.07) is 12.5. The predicted molar refractivity (Wildman–Crippen MR) is 129 cm³/mol. The van der Waals surface area contributed by atoms with Gasteiger partial charge in [-0.05, 0) is 67.6 Å². The first-order chi connectivity index (χ1) is 15.2. The van der Waals surface area contributed by atoms with Crippen molar-refractivity contribution in [1.82, 2.24) is 5.32 Å². The highest BCUT2D eigenvalue weighted by Crippen LogP contribution is 2.28. The molecule has 0 spiro atoms. The monoisotopic (exact) mass is 560 g/mol. The molecule has 0 bridgehead atoms. The lowest BCUT2D eigenvalue weighted by Gasteiger charge is -2.29. The van der Waals surface area contributed by atoms with Crippen molar-refractivity contribution in [3.8, 4) is 11.5 Å². The molecule has 2 aromatic carbocycles. The highest BCUT2D eigenvalue weighted by Gasteiger charge is 2.31. The van der Waals surface area contributed by atoms with Crippen LogP contribution in [0.2, 0.25) is 0 Å². The van der Waals surface area contributed by atoms with Crippen molar-refractivity contribution < 1.29 is 27.4 Å².